The van der Waals surface area contributed by atoms with Crippen LogP contribution in [-0.4, -0.2) is 15.7 Å². The topological polar surface area (TPSA) is 73.1 Å². The van der Waals surface area contributed by atoms with Crippen LogP contribution in [0.2, 0.25) is 0 Å². The van der Waals surface area contributed by atoms with E-state index in [2.05, 4.69) is 4.98 Å². The number of nitrogens with zero attached hydrogens (tertiary/aromatic N) is 2. The number of non-ortho nitro benzene ring substituents is 1. The molecule has 0 amide bonds. The number of allylic oxidation sites excluding steroid dienone is 1. The van der Waals surface area contributed by atoms with Gasteiger partial charge in [-0.15, -0.1) is 11.3 Å². The molecule has 0 radical (unpaired) electrons. The fourth-order valence-corrected chi connectivity index (χ4v) is 3.83. The fourth-order valence-electron chi connectivity index (χ4n) is 2.85. The molecule has 4 aromatic rings. The second-order valence-corrected chi connectivity index (χ2v) is 7.12. The van der Waals surface area contributed by atoms with Crippen molar-refractivity contribution in [3.63, 3.8) is 0 Å². The third-order valence-corrected chi connectivity index (χ3v) is 5.27. The summed E-state index contributed by atoms with van der Waals surface area (Å²) in [5, 5.41) is 11.7. The molecule has 0 N–H and O–H groups in total. The number of carbonyl (C=O) groups excluding carboxylic acids is 1. The van der Waals surface area contributed by atoms with Crippen molar-refractivity contribution < 1.29 is 9.72 Å². The van der Waals surface area contributed by atoms with E-state index in [-0.39, 0.29) is 11.5 Å². The smallest absolute Gasteiger partial charge is 0.270 e. The van der Waals surface area contributed by atoms with Gasteiger partial charge in [0.2, 0.25) is 0 Å². The maximum atomic E-state index is 13.2. The number of nitro groups is 1. The average molecular weight is 386 g/mol. The molecular formula is C22H14N2O3S. The van der Waals surface area contributed by atoms with E-state index in [1.807, 2.05) is 30.3 Å². The number of nitro benzene ring substituents is 1. The van der Waals surface area contributed by atoms with Crippen molar-refractivity contribution in [3.05, 3.63) is 105 Å². The van der Waals surface area contributed by atoms with Crippen LogP contribution in [-0.2, 0) is 0 Å². The Morgan fingerprint density at radius 1 is 0.964 bits per heavy atom. The highest BCUT2D eigenvalue weighted by Gasteiger charge is 2.19. The van der Waals surface area contributed by atoms with Crippen molar-refractivity contribution in [2.75, 3.05) is 0 Å². The summed E-state index contributed by atoms with van der Waals surface area (Å²) in [6.45, 7) is 0. The molecule has 0 aliphatic rings. The lowest BCUT2D eigenvalue weighted by molar-refractivity contribution is -0.384. The maximum absolute atomic E-state index is 13.2. The maximum Gasteiger partial charge on any atom is 0.270 e. The zero-order valence-electron chi connectivity index (χ0n) is 14.6. The summed E-state index contributed by atoms with van der Waals surface area (Å²) in [4.78, 5) is 28.5. The summed E-state index contributed by atoms with van der Waals surface area (Å²) < 4.78 is 0.975. The Balaban J connectivity index is 1.87. The van der Waals surface area contributed by atoms with E-state index in [1.54, 1.807) is 42.5 Å². The minimum atomic E-state index is -0.451. The van der Waals surface area contributed by atoms with Crippen LogP contribution in [0.5, 0.6) is 0 Å². The van der Waals surface area contributed by atoms with Gasteiger partial charge in [0, 0.05) is 17.7 Å². The fraction of sp³-hybridized carbons (Fsp3) is 0. The minimum absolute atomic E-state index is 0.0236. The first-order chi connectivity index (χ1) is 13.6. The van der Waals surface area contributed by atoms with Gasteiger partial charge in [-0.1, -0.05) is 54.6 Å². The Morgan fingerprint density at radius 3 is 2.46 bits per heavy atom. The highest BCUT2D eigenvalue weighted by Crippen LogP contribution is 2.31. The van der Waals surface area contributed by atoms with E-state index in [9.17, 15) is 14.9 Å². The number of hydrogen-bond donors (Lipinski definition) is 0. The van der Waals surface area contributed by atoms with E-state index in [0.29, 0.717) is 21.7 Å². The zero-order valence-corrected chi connectivity index (χ0v) is 15.4. The highest BCUT2D eigenvalue weighted by molar-refractivity contribution is 7.20. The molecule has 0 spiro atoms. The van der Waals surface area contributed by atoms with Gasteiger partial charge in [0.1, 0.15) is 5.01 Å². The summed E-state index contributed by atoms with van der Waals surface area (Å²) in [5.41, 5.74) is 2.32. The van der Waals surface area contributed by atoms with Crippen LogP contribution in [0.4, 0.5) is 5.69 Å². The number of fused-ring (bicyclic) bond motifs is 1. The average Bonchev–Trinajstić information content (AvgIpc) is 3.16. The molecule has 0 saturated heterocycles. The van der Waals surface area contributed by atoms with Crippen LogP contribution in [0.3, 0.4) is 0 Å². The molecule has 0 saturated carbocycles. The predicted molar refractivity (Wildman–Crippen MR) is 111 cm³/mol. The molecule has 6 heteroatoms. The number of hydrogen-bond acceptors (Lipinski definition) is 5. The SMILES string of the molecule is O=C(/C(=C\c1cccc([N+](=O)[O-])c1)c1nc2ccccc2s1)c1ccccc1. The van der Waals surface area contributed by atoms with Crippen molar-refractivity contribution in [3.8, 4) is 0 Å². The Kier molecular flexibility index (Phi) is 4.78. The van der Waals surface area contributed by atoms with Crippen molar-refractivity contribution >= 4 is 44.7 Å². The van der Waals surface area contributed by atoms with Crippen LogP contribution in [0, 0.1) is 10.1 Å². The Hall–Kier alpha value is -3.64. The Labute approximate surface area is 164 Å². The van der Waals surface area contributed by atoms with Crippen molar-refractivity contribution in [2.24, 2.45) is 0 Å². The van der Waals surface area contributed by atoms with Crippen LogP contribution < -0.4 is 0 Å². The third-order valence-electron chi connectivity index (χ3n) is 4.20. The van der Waals surface area contributed by atoms with Gasteiger partial charge in [0.15, 0.2) is 5.78 Å². The summed E-state index contributed by atoms with van der Waals surface area (Å²) >= 11 is 1.42. The van der Waals surface area contributed by atoms with E-state index in [1.165, 1.54) is 23.5 Å². The van der Waals surface area contributed by atoms with Gasteiger partial charge >= 0.3 is 0 Å². The molecule has 4 rings (SSSR count). The number of thiazole rings is 1. The standard InChI is InChI=1S/C22H14N2O3S/c25-21(16-8-2-1-3-9-16)18(14-15-7-6-10-17(13-15)24(26)27)22-23-19-11-4-5-12-20(19)28-22/h1-14H/b18-14+. The number of ketones is 1. The molecule has 3 aromatic carbocycles. The lowest BCUT2D eigenvalue weighted by atomic mass is 10.0. The van der Waals surface area contributed by atoms with Crippen molar-refractivity contribution in [2.45, 2.75) is 0 Å². The first-order valence-electron chi connectivity index (χ1n) is 8.54. The Bertz CT molecular complexity index is 1180. The number of Topliss-reactive ketones (excluding diaryl/α,β-unsaturated/α-hetero) is 1. The first kappa shape index (κ1) is 17.8. The number of para-hydroxylation sites is 1. The molecule has 0 aliphatic heterocycles. The van der Waals surface area contributed by atoms with Crippen molar-refractivity contribution in [1.82, 2.24) is 4.98 Å². The lowest BCUT2D eigenvalue weighted by Crippen LogP contribution is -2.02. The number of carbonyl (C=O) groups is 1. The number of benzene rings is 3. The Morgan fingerprint density at radius 2 is 1.71 bits per heavy atom. The third kappa shape index (κ3) is 3.58. The van der Waals surface area contributed by atoms with Gasteiger partial charge in [-0.3, -0.25) is 14.9 Å². The highest BCUT2D eigenvalue weighted by atomic mass is 32.1. The molecule has 0 atom stereocenters. The van der Waals surface area contributed by atoms with Crippen molar-refractivity contribution in [1.29, 1.82) is 0 Å². The van der Waals surface area contributed by atoms with Crippen LogP contribution in [0.1, 0.15) is 20.9 Å². The molecule has 0 aliphatic carbocycles. The minimum Gasteiger partial charge on any atom is -0.288 e. The van der Waals surface area contributed by atoms with Crippen LogP contribution in [0.15, 0.2) is 78.9 Å². The van der Waals surface area contributed by atoms with Crippen LogP contribution in [0.25, 0.3) is 21.9 Å². The second-order valence-electron chi connectivity index (χ2n) is 6.09. The van der Waals surface area contributed by atoms with E-state index in [0.717, 1.165) is 10.2 Å². The van der Waals surface area contributed by atoms with E-state index < -0.39 is 4.92 Å². The quantitative estimate of drug-likeness (QED) is 0.193. The molecule has 136 valence electrons. The summed E-state index contributed by atoms with van der Waals surface area (Å²) in [6, 6.07) is 22.8. The number of aromatic nitrogens is 1. The molecule has 28 heavy (non-hydrogen) atoms. The van der Waals surface area contributed by atoms with Gasteiger partial charge < -0.3 is 0 Å². The largest absolute Gasteiger partial charge is 0.288 e. The molecule has 0 fully saturated rings. The van der Waals surface area contributed by atoms with Gasteiger partial charge in [0.05, 0.1) is 20.7 Å². The monoisotopic (exact) mass is 386 g/mol. The molecule has 1 heterocycles. The molecule has 0 bridgehead atoms. The predicted octanol–water partition coefficient (Wildman–Crippen LogP) is 5.63. The van der Waals surface area contributed by atoms with Gasteiger partial charge in [-0.2, -0.15) is 0 Å². The summed E-state index contributed by atoms with van der Waals surface area (Å²) in [7, 11) is 0. The second kappa shape index (κ2) is 7.54. The van der Waals surface area contributed by atoms with E-state index >= 15 is 0 Å². The van der Waals surface area contributed by atoms with Gasteiger partial charge in [-0.25, -0.2) is 4.98 Å². The van der Waals surface area contributed by atoms with Gasteiger partial charge in [0.25, 0.3) is 5.69 Å². The normalized spacial score (nSPS) is 11.5. The lowest BCUT2D eigenvalue weighted by Gasteiger charge is -2.05. The number of rotatable bonds is 5. The molecule has 5 nitrogen and oxygen atoms in total. The van der Waals surface area contributed by atoms with Gasteiger partial charge in [-0.05, 0) is 23.8 Å². The first-order valence-corrected chi connectivity index (χ1v) is 9.35. The summed E-state index contributed by atoms with van der Waals surface area (Å²) in [5.74, 6) is -0.175. The van der Waals surface area contributed by atoms with E-state index in [4.69, 9.17) is 0 Å². The molecular weight excluding hydrogens is 372 g/mol. The molecule has 0 unspecified atom stereocenters. The summed E-state index contributed by atoms with van der Waals surface area (Å²) in [6.07, 6.45) is 1.67. The molecule has 1 aromatic heterocycles. The van der Waals surface area contributed by atoms with Crippen LogP contribution >= 0.6 is 11.3 Å². The zero-order chi connectivity index (χ0) is 19.5.